The van der Waals surface area contributed by atoms with Gasteiger partial charge in [-0.2, -0.15) is 11.3 Å². The molecular weight excluding hydrogens is 643 g/mol. The molecule has 0 aliphatic rings. The summed E-state index contributed by atoms with van der Waals surface area (Å²) in [6, 6.07) is 23.8. The van der Waals surface area contributed by atoms with E-state index in [1.807, 2.05) is 29.8 Å². The zero-order valence-corrected chi connectivity index (χ0v) is 26.8. The lowest BCUT2D eigenvalue weighted by Crippen LogP contribution is -2.30. The van der Waals surface area contributed by atoms with Crippen LogP contribution in [0.25, 0.3) is 17.3 Å². The van der Waals surface area contributed by atoms with Crippen molar-refractivity contribution >= 4 is 74.7 Å². The number of thiazole rings is 1. The fourth-order valence-electron chi connectivity index (χ4n) is 4.23. The molecule has 3 aromatic carbocycles. The van der Waals surface area contributed by atoms with Crippen molar-refractivity contribution in [3.05, 3.63) is 128 Å². The Morgan fingerprint density at radius 2 is 1.78 bits per heavy atom. The van der Waals surface area contributed by atoms with Crippen LogP contribution in [0.2, 0.25) is 0 Å². The van der Waals surface area contributed by atoms with Gasteiger partial charge in [-0.15, -0.1) is 23.1 Å². The number of aromatic nitrogens is 1. The van der Waals surface area contributed by atoms with Crippen LogP contribution in [0.5, 0.6) is 0 Å². The molecule has 0 saturated heterocycles. The molecule has 13 heteroatoms. The topological polar surface area (TPSA) is 143 Å². The number of non-ortho nitro benzene ring substituents is 1. The Balaban J connectivity index is 1.25. The van der Waals surface area contributed by atoms with Gasteiger partial charge in [0.1, 0.15) is 5.70 Å². The van der Waals surface area contributed by atoms with Gasteiger partial charge in [-0.1, -0.05) is 43.3 Å². The smallest absolute Gasteiger partial charge is 0.272 e. The van der Waals surface area contributed by atoms with Crippen molar-refractivity contribution in [2.75, 3.05) is 10.6 Å². The van der Waals surface area contributed by atoms with E-state index in [4.69, 9.17) is 0 Å². The third-order valence-corrected chi connectivity index (χ3v) is 9.32. The van der Waals surface area contributed by atoms with E-state index >= 15 is 0 Å². The lowest BCUT2D eigenvalue weighted by atomic mass is 10.1. The first-order valence-electron chi connectivity index (χ1n) is 14.0. The third kappa shape index (κ3) is 8.53. The van der Waals surface area contributed by atoms with Gasteiger partial charge in [0.15, 0.2) is 5.13 Å². The second kappa shape index (κ2) is 15.3. The van der Waals surface area contributed by atoms with Gasteiger partial charge < -0.3 is 16.0 Å². The van der Waals surface area contributed by atoms with Crippen LogP contribution >= 0.6 is 34.4 Å². The van der Waals surface area contributed by atoms with Crippen molar-refractivity contribution in [2.24, 2.45) is 0 Å². The van der Waals surface area contributed by atoms with E-state index in [2.05, 4.69) is 20.9 Å². The quantitative estimate of drug-likeness (QED) is 0.0535. The zero-order chi connectivity index (χ0) is 32.5. The van der Waals surface area contributed by atoms with E-state index in [1.54, 1.807) is 72.1 Å². The molecule has 1 unspecified atom stereocenters. The number of rotatable bonds is 12. The van der Waals surface area contributed by atoms with E-state index in [9.17, 15) is 24.5 Å². The zero-order valence-electron chi connectivity index (χ0n) is 24.3. The van der Waals surface area contributed by atoms with Crippen LogP contribution in [0.1, 0.15) is 29.3 Å². The Morgan fingerprint density at radius 1 is 0.978 bits per heavy atom. The van der Waals surface area contributed by atoms with Gasteiger partial charge in [0.25, 0.3) is 17.5 Å². The second-order valence-electron chi connectivity index (χ2n) is 9.77. The number of amides is 3. The molecule has 0 spiro atoms. The Bertz CT molecular complexity index is 1890. The van der Waals surface area contributed by atoms with Gasteiger partial charge in [0.2, 0.25) is 5.91 Å². The van der Waals surface area contributed by atoms with Crippen LogP contribution in [-0.4, -0.2) is 32.9 Å². The molecule has 0 radical (unpaired) electrons. The lowest BCUT2D eigenvalue weighted by molar-refractivity contribution is -0.384. The monoisotopic (exact) mass is 669 g/mol. The van der Waals surface area contributed by atoms with Crippen molar-refractivity contribution in [1.82, 2.24) is 10.3 Å². The first-order valence-corrected chi connectivity index (χ1v) is 16.7. The van der Waals surface area contributed by atoms with Crippen LogP contribution in [0, 0.1) is 10.1 Å². The van der Waals surface area contributed by atoms with E-state index in [0.717, 1.165) is 10.5 Å². The highest BCUT2D eigenvalue weighted by molar-refractivity contribution is 8.00. The van der Waals surface area contributed by atoms with E-state index < -0.39 is 22.0 Å². The first kappa shape index (κ1) is 32.3. The lowest BCUT2D eigenvalue weighted by Gasteiger charge is -2.15. The van der Waals surface area contributed by atoms with Crippen molar-refractivity contribution in [2.45, 2.75) is 23.5 Å². The number of hydrogen-bond acceptors (Lipinski definition) is 9. The van der Waals surface area contributed by atoms with Gasteiger partial charge in [0.05, 0.1) is 15.9 Å². The van der Waals surface area contributed by atoms with Crippen LogP contribution in [0.4, 0.5) is 16.5 Å². The number of thiophene rings is 1. The van der Waals surface area contributed by atoms with Crippen LogP contribution in [-0.2, 0) is 9.59 Å². The SMILES string of the molecule is CCC(Sc1cccc(NC(=O)/C(=C/c2ccsc2)NC(=O)c2ccccc2)c1)C(=O)Nc1nc(-c2cccc([N+](=O)[O-])c2)cs1. The molecule has 0 aliphatic heterocycles. The van der Waals surface area contributed by atoms with Gasteiger partial charge in [0, 0.05) is 39.2 Å². The highest BCUT2D eigenvalue weighted by atomic mass is 32.2. The molecule has 5 rings (SSSR count). The first-order chi connectivity index (χ1) is 22.3. The summed E-state index contributed by atoms with van der Waals surface area (Å²) in [5.74, 6) is -1.15. The Kier molecular flexibility index (Phi) is 10.7. The largest absolute Gasteiger partial charge is 0.321 e. The number of hydrogen-bond donors (Lipinski definition) is 3. The molecule has 3 amide bonds. The number of benzene rings is 3. The molecule has 0 bridgehead atoms. The van der Waals surface area contributed by atoms with Crippen molar-refractivity contribution in [1.29, 1.82) is 0 Å². The molecule has 2 aromatic heterocycles. The molecular formula is C33H27N5O5S3. The fraction of sp³-hybridized carbons (Fsp3) is 0.0909. The highest BCUT2D eigenvalue weighted by Gasteiger charge is 2.21. The average Bonchev–Trinajstić information content (AvgIpc) is 3.76. The van der Waals surface area contributed by atoms with E-state index in [0.29, 0.717) is 34.1 Å². The van der Waals surface area contributed by atoms with Crippen molar-refractivity contribution in [3.8, 4) is 11.3 Å². The molecule has 10 nitrogen and oxygen atoms in total. The maximum absolute atomic E-state index is 13.4. The molecule has 232 valence electrons. The van der Waals surface area contributed by atoms with Gasteiger partial charge in [-0.25, -0.2) is 4.98 Å². The maximum Gasteiger partial charge on any atom is 0.272 e. The molecule has 1 atom stereocenters. The molecule has 0 saturated carbocycles. The van der Waals surface area contributed by atoms with Crippen LogP contribution in [0.15, 0.2) is 112 Å². The molecule has 2 heterocycles. The molecule has 0 fully saturated rings. The summed E-state index contributed by atoms with van der Waals surface area (Å²) < 4.78 is 0. The van der Waals surface area contributed by atoms with Crippen molar-refractivity contribution < 1.29 is 19.3 Å². The third-order valence-electron chi connectivity index (χ3n) is 6.50. The Labute approximate surface area is 276 Å². The predicted molar refractivity (Wildman–Crippen MR) is 184 cm³/mol. The average molecular weight is 670 g/mol. The minimum absolute atomic E-state index is 0.0383. The number of nitro benzene ring substituents is 1. The molecule has 46 heavy (non-hydrogen) atoms. The molecule has 3 N–H and O–H groups in total. The van der Waals surface area contributed by atoms with E-state index in [-0.39, 0.29) is 17.3 Å². The summed E-state index contributed by atoms with van der Waals surface area (Å²) in [7, 11) is 0. The number of anilines is 2. The fourth-order valence-corrected chi connectivity index (χ4v) is 6.58. The normalized spacial score (nSPS) is 11.8. The molecule has 0 aliphatic carbocycles. The highest BCUT2D eigenvalue weighted by Crippen LogP contribution is 2.31. The van der Waals surface area contributed by atoms with Crippen LogP contribution in [0.3, 0.4) is 0 Å². The number of thioether (sulfide) groups is 1. The van der Waals surface area contributed by atoms with Gasteiger partial charge >= 0.3 is 0 Å². The van der Waals surface area contributed by atoms with Crippen molar-refractivity contribution in [3.63, 3.8) is 0 Å². The number of nitrogens with one attached hydrogen (secondary N) is 3. The standard InChI is InChI=1S/C33H27N5O5S3/c1-2-29(32(41)37-33-36-28(20-45-33)23-10-6-12-25(17-23)38(42)43)46-26-13-7-11-24(18-26)34-31(40)27(16-21-14-15-44-19-21)35-30(39)22-8-4-3-5-9-22/h3-20,29H,2H2,1H3,(H,34,40)(H,35,39)(H,36,37,41)/b27-16-. The second-order valence-corrected chi connectivity index (χ2v) is 12.7. The summed E-state index contributed by atoms with van der Waals surface area (Å²) >= 11 is 4.05. The summed E-state index contributed by atoms with van der Waals surface area (Å²) in [4.78, 5) is 55.3. The maximum atomic E-state index is 13.4. The molecule has 5 aromatic rings. The summed E-state index contributed by atoms with van der Waals surface area (Å²) in [6.45, 7) is 1.90. The van der Waals surface area contributed by atoms with Crippen LogP contribution < -0.4 is 16.0 Å². The van der Waals surface area contributed by atoms with Gasteiger partial charge in [-0.3, -0.25) is 24.5 Å². The predicted octanol–water partition coefficient (Wildman–Crippen LogP) is 7.70. The number of carbonyl (C=O) groups is 3. The minimum atomic E-state index is -0.495. The number of nitrogens with zero attached hydrogens (tertiary/aromatic N) is 2. The number of nitro groups is 1. The summed E-state index contributed by atoms with van der Waals surface area (Å²) in [6.07, 6.45) is 2.14. The van der Waals surface area contributed by atoms with Gasteiger partial charge in [-0.05, 0) is 65.2 Å². The van der Waals surface area contributed by atoms with E-state index in [1.165, 1.54) is 46.6 Å². The summed E-state index contributed by atoms with van der Waals surface area (Å²) in [5.41, 5.74) is 2.86. The summed E-state index contributed by atoms with van der Waals surface area (Å²) in [5, 5.41) is 25.0. The number of carbonyl (C=O) groups excluding carboxylic acids is 3. The Hall–Kier alpha value is -5.11. The minimum Gasteiger partial charge on any atom is -0.321 e. The Morgan fingerprint density at radius 3 is 2.52 bits per heavy atom.